The molecule has 1 amide bonds. The monoisotopic (exact) mass is 312 g/mol. The number of rotatable bonds is 6. The van der Waals surface area contributed by atoms with Crippen molar-refractivity contribution in [2.75, 3.05) is 6.54 Å². The van der Waals surface area contributed by atoms with Crippen LogP contribution in [0.25, 0.3) is 0 Å². The van der Waals surface area contributed by atoms with Crippen LogP contribution in [-0.2, 0) is 10.2 Å². The largest absolute Gasteiger partial charge is 0.354 e. The van der Waals surface area contributed by atoms with Gasteiger partial charge in [-0.25, -0.2) is 0 Å². The highest BCUT2D eigenvalue weighted by molar-refractivity contribution is 5.87. The fourth-order valence-electron chi connectivity index (χ4n) is 2.37. The van der Waals surface area contributed by atoms with Gasteiger partial charge in [-0.2, -0.15) is 0 Å². The molecule has 21 heavy (non-hydrogen) atoms. The molecule has 0 spiro atoms. The van der Waals surface area contributed by atoms with E-state index in [0.29, 0.717) is 6.54 Å². The Balaban J connectivity index is 0.00000400. The number of nitrogens with two attached hydrogens (primary N) is 1. The summed E-state index contributed by atoms with van der Waals surface area (Å²) in [7, 11) is 0. The van der Waals surface area contributed by atoms with Crippen molar-refractivity contribution in [2.45, 2.75) is 58.4 Å². The van der Waals surface area contributed by atoms with Crippen LogP contribution in [0.1, 0.15) is 51.7 Å². The third kappa shape index (κ3) is 4.72. The Bertz CT molecular complexity index is 468. The van der Waals surface area contributed by atoms with Crippen LogP contribution in [0.15, 0.2) is 24.3 Å². The number of carbonyl (C=O) groups is 1. The molecule has 0 heterocycles. The molecular weight excluding hydrogens is 284 g/mol. The summed E-state index contributed by atoms with van der Waals surface area (Å²) in [5.74, 6) is 0.0310. The SMILES string of the molecule is CCC(N)(CC)CNC(=O)C(C)(C)c1ccccc1C.Cl. The van der Waals surface area contributed by atoms with Gasteiger partial charge in [0.1, 0.15) is 0 Å². The third-order valence-electron chi connectivity index (χ3n) is 4.40. The van der Waals surface area contributed by atoms with Gasteiger partial charge in [-0.1, -0.05) is 38.1 Å². The minimum Gasteiger partial charge on any atom is -0.354 e. The fraction of sp³-hybridized carbons (Fsp3) is 0.588. The van der Waals surface area contributed by atoms with Crippen molar-refractivity contribution < 1.29 is 4.79 Å². The number of aryl methyl sites for hydroxylation is 1. The number of amides is 1. The van der Waals surface area contributed by atoms with Gasteiger partial charge in [0.15, 0.2) is 0 Å². The highest BCUT2D eigenvalue weighted by Gasteiger charge is 2.32. The lowest BCUT2D eigenvalue weighted by atomic mass is 9.81. The van der Waals surface area contributed by atoms with Crippen LogP contribution in [0.3, 0.4) is 0 Å². The van der Waals surface area contributed by atoms with Crippen LogP contribution in [0, 0.1) is 6.92 Å². The van der Waals surface area contributed by atoms with E-state index < -0.39 is 5.41 Å². The fourth-order valence-corrected chi connectivity index (χ4v) is 2.37. The summed E-state index contributed by atoms with van der Waals surface area (Å²) < 4.78 is 0. The average molecular weight is 313 g/mol. The van der Waals surface area contributed by atoms with Gasteiger partial charge in [0, 0.05) is 12.1 Å². The predicted octanol–water partition coefficient (Wildman–Crippen LogP) is 3.33. The van der Waals surface area contributed by atoms with Gasteiger partial charge in [-0.15, -0.1) is 12.4 Å². The van der Waals surface area contributed by atoms with E-state index in [4.69, 9.17) is 5.73 Å². The molecule has 0 atom stereocenters. The third-order valence-corrected chi connectivity index (χ3v) is 4.40. The highest BCUT2D eigenvalue weighted by Crippen LogP contribution is 2.26. The number of halogens is 1. The molecule has 0 aromatic heterocycles. The van der Waals surface area contributed by atoms with E-state index in [2.05, 4.69) is 19.2 Å². The van der Waals surface area contributed by atoms with Gasteiger partial charge in [0.2, 0.25) is 5.91 Å². The van der Waals surface area contributed by atoms with Crippen molar-refractivity contribution in [3.8, 4) is 0 Å². The lowest BCUT2D eigenvalue weighted by Gasteiger charge is -2.31. The zero-order valence-electron chi connectivity index (χ0n) is 13.8. The summed E-state index contributed by atoms with van der Waals surface area (Å²) >= 11 is 0. The first-order chi connectivity index (χ1) is 9.27. The lowest BCUT2D eigenvalue weighted by molar-refractivity contribution is -0.126. The average Bonchev–Trinajstić information content (AvgIpc) is 2.44. The zero-order valence-corrected chi connectivity index (χ0v) is 14.6. The van der Waals surface area contributed by atoms with Crippen LogP contribution >= 0.6 is 12.4 Å². The molecule has 4 heteroatoms. The van der Waals surface area contributed by atoms with E-state index in [1.165, 1.54) is 0 Å². The second kappa shape index (κ2) is 7.81. The molecule has 1 aromatic rings. The molecule has 1 rings (SSSR count). The van der Waals surface area contributed by atoms with Crippen molar-refractivity contribution in [2.24, 2.45) is 5.73 Å². The van der Waals surface area contributed by atoms with Gasteiger partial charge >= 0.3 is 0 Å². The van der Waals surface area contributed by atoms with Gasteiger partial charge in [0.25, 0.3) is 0 Å². The Hall–Kier alpha value is -1.06. The summed E-state index contributed by atoms with van der Waals surface area (Å²) in [5.41, 5.74) is 7.59. The number of nitrogens with one attached hydrogen (secondary N) is 1. The first kappa shape index (κ1) is 19.9. The second-order valence-electron chi connectivity index (χ2n) is 6.19. The minimum atomic E-state index is -0.548. The Morgan fingerprint density at radius 2 is 1.71 bits per heavy atom. The maximum absolute atomic E-state index is 12.5. The summed E-state index contributed by atoms with van der Waals surface area (Å²) in [6.45, 7) is 10.6. The Kier molecular flexibility index (Phi) is 7.41. The standard InChI is InChI=1S/C17H28N2O.ClH/c1-6-17(18,7-2)12-19-15(20)16(4,5)14-11-9-8-10-13(14)3;/h8-11H,6-7,12,18H2,1-5H3,(H,19,20);1H. The number of hydrogen-bond acceptors (Lipinski definition) is 2. The van der Waals surface area contributed by atoms with Crippen molar-refractivity contribution in [1.82, 2.24) is 5.32 Å². The minimum absolute atomic E-state index is 0. The molecule has 1 aromatic carbocycles. The summed E-state index contributed by atoms with van der Waals surface area (Å²) in [4.78, 5) is 12.5. The molecule has 0 saturated heterocycles. The first-order valence-corrected chi connectivity index (χ1v) is 7.40. The molecule has 0 saturated carbocycles. The van der Waals surface area contributed by atoms with Crippen molar-refractivity contribution in [1.29, 1.82) is 0 Å². The van der Waals surface area contributed by atoms with Gasteiger partial charge < -0.3 is 11.1 Å². The molecule has 0 bridgehead atoms. The van der Waals surface area contributed by atoms with Crippen LogP contribution < -0.4 is 11.1 Å². The second-order valence-corrected chi connectivity index (χ2v) is 6.19. The quantitative estimate of drug-likeness (QED) is 0.846. The molecule has 0 fully saturated rings. The summed E-state index contributed by atoms with van der Waals surface area (Å²) in [6, 6.07) is 8.02. The van der Waals surface area contributed by atoms with E-state index in [1.807, 2.05) is 45.0 Å². The van der Waals surface area contributed by atoms with Crippen molar-refractivity contribution >= 4 is 18.3 Å². The maximum atomic E-state index is 12.5. The number of hydrogen-bond donors (Lipinski definition) is 2. The maximum Gasteiger partial charge on any atom is 0.230 e. The van der Waals surface area contributed by atoms with Crippen molar-refractivity contribution in [3.63, 3.8) is 0 Å². The molecule has 0 unspecified atom stereocenters. The first-order valence-electron chi connectivity index (χ1n) is 7.40. The van der Waals surface area contributed by atoms with Crippen LogP contribution in [0.5, 0.6) is 0 Å². The van der Waals surface area contributed by atoms with E-state index in [-0.39, 0.29) is 23.9 Å². The molecule has 0 aliphatic rings. The Labute approximate surface area is 135 Å². The summed E-state index contributed by atoms with van der Waals surface area (Å²) in [5, 5.41) is 3.03. The van der Waals surface area contributed by atoms with Gasteiger partial charge in [0.05, 0.1) is 5.41 Å². The molecule has 3 N–H and O–H groups in total. The van der Waals surface area contributed by atoms with Crippen LogP contribution in [0.4, 0.5) is 0 Å². The molecule has 120 valence electrons. The Morgan fingerprint density at radius 1 is 1.19 bits per heavy atom. The van der Waals surface area contributed by atoms with Gasteiger partial charge in [-0.3, -0.25) is 4.79 Å². The molecule has 3 nitrogen and oxygen atoms in total. The normalized spacial score (nSPS) is 11.7. The number of carbonyl (C=O) groups excluding carboxylic acids is 1. The zero-order chi connectivity index (χ0) is 15.4. The topological polar surface area (TPSA) is 55.1 Å². The molecule has 0 radical (unpaired) electrons. The smallest absolute Gasteiger partial charge is 0.230 e. The van der Waals surface area contributed by atoms with E-state index >= 15 is 0 Å². The lowest BCUT2D eigenvalue weighted by Crippen LogP contribution is -2.52. The molecular formula is C17H29ClN2O. The Morgan fingerprint density at radius 3 is 2.19 bits per heavy atom. The van der Waals surface area contributed by atoms with E-state index in [0.717, 1.165) is 24.0 Å². The van der Waals surface area contributed by atoms with Crippen molar-refractivity contribution in [3.05, 3.63) is 35.4 Å². The predicted molar refractivity (Wildman–Crippen MR) is 92.0 cm³/mol. The summed E-state index contributed by atoms with van der Waals surface area (Å²) in [6.07, 6.45) is 1.71. The molecule has 0 aliphatic carbocycles. The van der Waals surface area contributed by atoms with E-state index in [1.54, 1.807) is 0 Å². The highest BCUT2D eigenvalue weighted by atomic mass is 35.5. The number of benzene rings is 1. The molecule has 0 aliphatic heterocycles. The van der Waals surface area contributed by atoms with Crippen LogP contribution in [0.2, 0.25) is 0 Å². The van der Waals surface area contributed by atoms with E-state index in [9.17, 15) is 4.79 Å². The van der Waals surface area contributed by atoms with Crippen LogP contribution in [-0.4, -0.2) is 18.0 Å². The van der Waals surface area contributed by atoms with Gasteiger partial charge in [-0.05, 0) is 44.7 Å².